The summed E-state index contributed by atoms with van der Waals surface area (Å²) in [6.07, 6.45) is 11.1. The Morgan fingerprint density at radius 3 is 2.71 bits per heavy atom. The number of ether oxygens (including phenoxy) is 2. The van der Waals surface area contributed by atoms with E-state index < -0.39 is 0 Å². The molecule has 0 spiro atoms. The van der Waals surface area contributed by atoms with E-state index in [-0.39, 0.29) is 5.56 Å². The number of allylic oxidation sites excluding steroid dienone is 1. The minimum absolute atomic E-state index is 0.00529. The van der Waals surface area contributed by atoms with Crippen molar-refractivity contribution >= 4 is 16.5 Å². The first kappa shape index (κ1) is 21.5. The molecule has 1 fully saturated rings. The molecule has 0 atom stereocenters. The van der Waals surface area contributed by atoms with Crippen LogP contribution in [0.3, 0.4) is 0 Å². The van der Waals surface area contributed by atoms with Gasteiger partial charge in [0, 0.05) is 43.7 Å². The standard InChI is InChI=1S/C25H31N3O3/c1-18(14-19-4-7-21(8-5-19)31-13-12-30-3)22-16-25(29)27(2)24-9-6-20(15-23(22)24)28-11-10-26-17-28/h6,9-11,15-17,19,21H,1,4-5,7-8,12-14H2,2-3H3. The van der Waals surface area contributed by atoms with Gasteiger partial charge in [0.2, 0.25) is 0 Å². The van der Waals surface area contributed by atoms with Crippen LogP contribution < -0.4 is 5.56 Å². The fourth-order valence-corrected chi connectivity index (χ4v) is 4.57. The number of nitrogens with zero attached hydrogens (tertiary/aromatic N) is 3. The summed E-state index contributed by atoms with van der Waals surface area (Å²) >= 11 is 0. The number of hydrogen-bond acceptors (Lipinski definition) is 4. The zero-order chi connectivity index (χ0) is 21.8. The first-order chi connectivity index (χ1) is 15.1. The molecule has 1 aliphatic rings. The SMILES string of the molecule is C=C(CC1CCC(OCCOC)CC1)c1cc(=O)n(C)c2ccc(-n3ccnc3)cc12. The van der Waals surface area contributed by atoms with E-state index >= 15 is 0 Å². The number of aromatic nitrogens is 3. The normalized spacial score (nSPS) is 19.0. The van der Waals surface area contributed by atoms with Crippen LogP contribution in [0.5, 0.6) is 0 Å². The highest BCUT2D eigenvalue weighted by atomic mass is 16.5. The molecule has 1 saturated carbocycles. The third-order valence-electron chi connectivity index (χ3n) is 6.38. The van der Waals surface area contributed by atoms with Crippen LogP contribution in [0.2, 0.25) is 0 Å². The number of imidazole rings is 1. The third kappa shape index (κ3) is 4.81. The Bertz CT molecular complexity index is 1090. The molecule has 0 amide bonds. The highest BCUT2D eigenvalue weighted by Crippen LogP contribution is 2.35. The van der Waals surface area contributed by atoms with Gasteiger partial charge >= 0.3 is 0 Å². The average Bonchev–Trinajstić information content (AvgIpc) is 3.32. The van der Waals surface area contributed by atoms with Gasteiger partial charge in [-0.3, -0.25) is 4.79 Å². The molecule has 0 saturated heterocycles. The molecule has 0 unspecified atom stereocenters. The number of methoxy groups -OCH3 is 1. The van der Waals surface area contributed by atoms with Crippen LogP contribution in [0.15, 0.2) is 54.4 Å². The van der Waals surface area contributed by atoms with Gasteiger partial charge in [-0.15, -0.1) is 0 Å². The second-order valence-corrected chi connectivity index (χ2v) is 8.44. The van der Waals surface area contributed by atoms with E-state index in [1.165, 1.54) is 0 Å². The van der Waals surface area contributed by atoms with Crippen molar-refractivity contribution in [2.24, 2.45) is 13.0 Å². The second-order valence-electron chi connectivity index (χ2n) is 8.44. The monoisotopic (exact) mass is 421 g/mol. The van der Waals surface area contributed by atoms with Gasteiger partial charge in [-0.25, -0.2) is 4.98 Å². The number of fused-ring (bicyclic) bond motifs is 1. The van der Waals surface area contributed by atoms with E-state index in [0.717, 1.165) is 59.8 Å². The number of aryl methyl sites for hydroxylation is 1. The summed E-state index contributed by atoms with van der Waals surface area (Å²) in [5.41, 5.74) is 3.93. The van der Waals surface area contributed by atoms with E-state index in [4.69, 9.17) is 9.47 Å². The average molecular weight is 422 g/mol. The molecule has 164 valence electrons. The molecule has 3 aromatic rings. The maximum absolute atomic E-state index is 12.6. The van der Waals surface area contributed by atoms with Crippen molar-refractivity contribution in [2.75, 3.05) is 20.3 Å². The zero-order valence-electron chi connectivity index (χ0n) is 18.4. The van der Waals surface area contributed by atoms with Gasteiger partial charge in [0.05, 0.1) is 31.2 Å². The van der Waals surface area contributed by atoms with Crippen molar-refractivity contribution in [3.8, 4) is 5.69 Å². The Balaban J connectivity index is 1.53. The Hall–Kier alpha value is -2.70. The van der Waals surface area contributed by atoms with Gasteiger partial charge in [-0.05, 0) is 67.4 Å². The Morgan fingerprint density at radius 2 is 2.00 bits per heavy atom. The first-order valence-corrected chi connectivity index (χ1v) is 11.0. The summed E-state index contributed by atoms with van der Waals surface area (Å²) < 4.78 is 14.6. The number of hydrogen-bond donors (Lipinski definition) is 0. The quantitative estimate of drug-likeness (QED) is 0.508. The van der Waals surface area contributed by atoms with Crippen molar-refractivity contribution < 1.29 is 9.47 Å². The van der Waals surface area contributed by atoms with Crippen LogP contribution in [0, 0.1) is 5.92 Å². The van der Waals surface area contributed by atoms with Gasteiger partial charge in [-0.2, -0.15) is 0 Å². The maximum Gasteiger partial charge on any atom is 0.251 e. The molecule has 2 aromatic heterocycles. The van der Waals surface area contributed by atoms with Crippen LogP contribution in [-0.2, 0) is 16.5 Å². The van der Waals surface area contributed by atoms with E-state index in [9.17, 15) is 4.79 Å². The molecule has 1 aromatic carbocycles. The van der Waals surface area contributed by atoms with E-state index in [2.05, 4.69) is 17.6 Å². The number of pyridine rings is 1. The lowest BCUT2D eigenvalue weighted by Crippen LogP contribution is -2.23. The molecule has 1 aliphatic carbocycles. The third-order valence-corrected chi connectivity index (χ3v) is 6.38. The zero-order valence-corrected chi connectivity index (χ0v) is 18.4. The van der Waals surface area contributed by atoms with Crippen molar-refractivity contribution in [1.82, 2.24) is 14.1 Å². The summed E-state index contributed by atoms with van der Waals surface area (Å²) in [6.45, 7) is 5.71. The lowest BCUT2D eigenvalue weighted by Gasteiger charge is -2.29. The predicted molar refractivity (Wildman–Crippen MR) is 124 cm³/mol. The summed E-state index contributed by atoms with van der Waals surface area (Å²) in [5, 5.41) is 1.05. The molecule has 0 bridgehead atoms. The van der Waals surface area contributed by atoms with Crippen LogP contribution in [0.1, 0.15) is 37.7 Å². The van der Waals surface area contributed by atoms with Gasteiger partial charge in [0.25, 0.3) is 5.56 Å². The number of rotatable bonds is 8. The van der Waals surface area contributed by atoms with Crippen LogP contribution in [0.25, 0.3) is 22.2 Å². The fraction of sp³-hybridized carbons (Fsp3) is 0.440. The van der Waals surface area contributed by atoms with Gasteiger partial charge in [0.15, 0.2) is 0 Å². The molecule has 4 rings (SSSR count). The molecule has 2 heterocycles. The molecular formula is C25H31N3O3. The van der Waals surface area contributed by atoms with Crippen LogP contribution in [0.4, 0.5) is 0 Å². The molecular weight excluding hydrogens is 390 g/mol. The molecule has 31 heavy (non-hydrogen) atoms. The minimum Gasteiger partial charge on any atom is -0.382 e. The van der Waals surface area contributed by atoms with Gasteiger partial charge in [-0.1, -0.05) is 6.58 Å². The molecule has 0 N–H and O–H groups in total. The number of benzene rings is 1. The van der Waals surface area contributed by atoms with Crippen LogP contribution in [-0.4, -0.2) is 40.5 Å². The second kappa shape index (κ2) is 9.62. The van der Waals surface area contributed by atoms with Gasteiger partial charge in [0.1, 0.15) is 0 Å². The lowest BCUT2D eigenvalue weighted by atomic mass is 9.82. The lowest BCUT2D eigenvalue weighted by molar-refractivity contribution is -0.00711. The predicted octanol–water partition coefficient (Wildman–Crippen LogP) is 4.35. The molecule has 0 radical (unpaired) electrons. The molecule has 0 aliphatic heterocycles. The van der Waals surface area contributed by atoms with Crippen molar-refractivity contribution in [2.45, 2.75) is 38.2 Å². The van der Waals surface area contributed by atoms with E-state index in [1.807, 2.05) is 29.9 Å². The van der Waals surface area contributed by atoms with Crippen LogP contribution >= 0.6 is 0 Å². The topological polar surface area (TPSA) is 58.3 Å². The van der Waals surface area contributed by atoms with E-state index in [0.29, 0.717) is 25.2 Å². The summed E-state index contributed by atoms with van der Waals surface area (Å²) in [6, 6.07) is 7.88. The maximum atomic E-state index is 12.6. The summed E-state index contributed by atoms with van der Waals surface area (Å²) in [4.78, 5) is 16.8. The Morgan fingerprint density at radius 1 is 1.19 bits per heavy atom. The van der Waals surface area contributed by atoms with E-state index in [1.54, 1.807) is 30.3 Å². The van der Waals surface area contributed by atoms with Crippen molar-refractivity contribution in [1.29, 1.82) is 0 Å². The van der Waals surface area contributed by atoms with Gasteiger partial charge < -0.3 is 18.6 Å². The highest BCUT2D eigenvalue weighted by molar-refractivity contribution is 5.92. The Labute approximate surface area is 183 Å². The Kier molecular flexibility index (Phi) is 6.68. The minimum atomic E-state index is -0.00529. The largest absolute Gasteiger partial charge is 0.382 e. The summed E-state index contributed by atoms with van der Waals surface area (Å²) in [5.74, 6) is 0.575. The van der Waals surface area contributed by atoms with Crippen molar-refractivity contribution in [3.05, 3.63) is 65.5 Å². The molecule has 6 nitrogen and oxygen atoms in total. The smallest absolute Gasteiger partial charge is 0.251 e. The fourth-order valence-electron chi connectivity index (χ4n) is 4.57. The van der Waals surface area contributed by atoms with Crippen molar-refractivity contribution in [3.63, 3.8) is 0 Å². The summed E-state index contributed by atoms with van der Waals surface area (Å²) in [7, 11) is 3.52. The first-order valence-electron chi connectivity index (χ1n) is 11.0. The highest BCUT2D eigenvalue weighted by Gasteiger charge is 2.23. The molecule has 6 heteroatoms.